The first-order valence-corrected chi connectivity index (χ1v) is 7.20. The van der Waals surface area contributed by atoms with Gasteiger partial charge in [0.2, 0.25) is 0 Å². The Bertz CT molecular complexity index is 498. The van der Waals surface area contributed by atoms with Gasteiger partial charge in [0.15, 0.2) is 0 Å². The number of aliphatic carboxylic acids is 1. The van der Waals surface area contributed by atoms with Crippen LogP contribution in [0.2, 0.25) is 0 Å². The second kappa shape index (κ2) is 6.56. The Labute approximate surface area is 124 Å². The fourth-order valence-electron chi connectivity index (χ4n) is 2.60. The highest BCUT2D eigenvalue weighted by Gasteiger charge is 2.43. The van der Waals surface area contributed by atoms with E-state index in [0.717, 1.165) is 18.5 Å². The van der Waals surface area contributed by atoms with Crippen LogP contribution in [0.5, 0.6) is 0 Å². The van der Waals surface area contributed by atoms with Crippen LogP contribution >= 0.6 is 0 Å². The molecular weight excluding hydrogens is 270 g/mol. The number of amides is 2. The minimum Gasteiger partial charge on any atom is -0.480 e. The van der Waals surface area contributed by atoms with Gasteiger partial charge < -0.3 is 15.3 Å². The lowest BCUT2D eigenvalue weighted by atomic mass is 9.98. The van der Waals surface area contributed by atoms with Crippen molar-refractivity contribution in [3.8, 4) is 0 Å². The number of hydrogen-bond donors (Lipinski definition) is 2. The Hall–Kier alpha value is -2.11. The van der Waals surface area contributed by atoms with Gasteiger partial charge in [-0.25, -0.2) is 9.59 Å². The summed E-state index contributed by atoms with van der Waals surface area (Å²) in [6, 6.07) is 5.31. The van der Waals surface area contributed by atoms with E-state index in [0.29, 0.717) is 25.8 Å². The number of likely N-dealkylation sites (N-methyl/N-ethyl adjacent to an activating group) is 1. The highest BCUT2D eigenvalue weighted by molar-refractivity contribution is 5.86. The van der Waals surface area contributed by atoms with Gasteiger partial charge in [0.05, 0.1) is 0 Å². The fraction of sp³-hybridized carbons (Fsp3) is 0.533. The molecule has 1 fully saturated rings. The summed E-state index contributed by atoms with van der Waals surface area (Å²) < 4.78 is 0. The zero-order valence-corrected chi connectivity index (χ0v) is 12.2. The molecule has 0 bridgehead atoms. The molecule has 0 atom stereocenters. The Morgan fingerprint density at radius 3 is 2.67 bits per heavy atom. The highest BCUT2D eigenvalue weighted by Crippen LogP contribution is 2.30. The number of carbonyl (C=O) groups excluding carboxylic acids is 1. The number of carboxylic acid groups (broad SMARTS) is 1. The molecule has 2 rings (SSSR count). The molecule has 6 nitrogen and oxygen atoms in total. The molecule has 1 aromatic rings. The third kappa shape index (κ3) is 3.71. The highest BCUT2D eigenvalue weighted by atomic mass is 16.4. The van der Waals surface area contributed by atoms with Crippen LogP contribution < -0.4 is 5.32 Å². The van der Waals surface area contributed by atoms with Gasteiger partial charge in [-0.05, 0) is 25.0 Å². The molecule has 2 N–H and O–H groups in total. The maximum Gasteiger partial charge on any atom is 0.329 e. The number of nitrogens with zero attached hydrogens (tertiary/aromatic N) is 2. The first-order valence-electron chi connectivity index (χ1n) is 7.20. The molecular formula is C15H21N3O3. The first kappa shape index (κ1) is 15.3. The molecule has 0 radical (unpaired) electrons. The first-order chi connectivity index (χ1) is 10.0. The maximum atomic E-state index is 12.2. The van der Waals surface area contributed by atoms with Gasteiger partial charge in [-0.15, -0.1) is 0 Å². The maximum absolute atomic E-state index is 12.2. The van der Waals surface area contributed by atoms with Gasteiger partial charge in [-0.1, -0.05) is 18.9 Å². The molecule has 1 heterocycles. The molecule has 0 aliphatic heterocycles. The standard InChI is InChI=1S/C15H21N3O3/c1-18(11-7-12-6-2-5-10-16-12)14(21)17-15(13(19)20)8-3-4-9-15/h2,5-6,10H,3-4,7-9,11H2,1H3,(H,17,21)(H,19,20). The topological polar surface area (TPSA) is 82.5 Å². The van der Waals surface area contributed by atoms with E-state index in [4.69, 9.17) is 0 Å². The lowest BCUT2D eigenvalue weighted by Gasteiger charge is -2.28. The number of hydrogen-bond acceptors (Lipinski definition) is 3. The van der Waals surface area contributed by atoms with Crippen LogP contribution in [0.4, 0.5) is 4.79 Å². The van der Waals surface area contributed by atoms with Gasteiger partial charge in [-0.2, -0.15) is 0 Å². The van der Waals surface area contributed by atoms with Crippen molar-refractivity contribution in [2.45, 2.75) is 37.6 Å². The quantitative estimate of drug-likeness (QED) is 0.864. The van der Waals surface area contributed by atoms with Gasteiger partial charge in [0.1, 0.15) is 5.54 Å². The van der Waals surface area contributed by atoms with Crippen molar-refractivity contribution >= 4 is 12.0 Å². The summed E-state index contributed by atoms with van der Waals surface area (Å²) in [5.74, 6) is -0.938. The number of urea groups is 1. The molecule has 114 valence electrons. The van der Waals surface area contributed by atoms with Crippen molar-refractivity contribution in [3.05, 3.63) is 30.1 Å². The molecule has 0 spiro atoms. The third-order valence-electron chi connectivity index (χ3n) is 3.99. The summed E-state index contributed by atoms with van der Waals surface area (Å²) in [5.41, 5.74) is -0.179. The van der Waals surface area contributed by atoms with E-state index in [9.17, 15) is 14.7 Å². The lowest BCUT2D eigenvalue weighted by molar-refractivity contribution is -0.144. The van der Waals surface area contributed by atoms with Crippen LogP contribution in [0.1, 0.15) is 31.4 Å². The molecule has 0 saturated heterocycles. The minimum absolute atomic E-state index is 0.338. The number of aromatic nitrogens is 1. The molecule has 1 aliphatic carbocycles. The summed E-state index contributed by atoms with van der Waals surface area (Å²) >= 11 is 0. The predicted molar refractivity (Wildman–Crippen MR) is 77.9 cm³/mol. The normalized spacial score (nSPS) is 16.4. The summed E-state index contributed by atoms with van der Waals surface area (Å²) in [7, 11) is 1.67. The number of pyridine rings is 1. The fourth-order valence-corrected chi connectivity index (χ4v) is 2.60. The largest absolute Gasteiger partial charge is 0.480 e. The summed E-state index contributed by atoms with van der Waals surface area (Å²) in [4.78, 5) is 29.3. The van der Waals surface area contributed by atoms with Crippen molar-refractivity contribution < 1.29 is 14.7 Å². The lowest BCUT2D eigenvalue weighted by Crippen LogP contribution is -2.55. The molecule has 21 heavy (non-hydrogen) atoms. The molecule has 2 amide bonds. The van der Waals surface area contributed by atoms with Gasteiger partial charge in [-0.3, -0.25) is 4.98 Å². The van der Waals surface area contributed by atoms with Crippen LogP contribution in [0.15, 0.2) is 24.4 Å². The van der Waals surface area contributed by atoms with Crippen molar-refractivity contribution in [3.63, 3.8) is 0 Å². The molecule has 6 heteroatoms. The summed E-state index contributed by atoms with van der Waals surface area (Å²) in [6.45, 7) is 0.499. The average molecular weight is 291 g/mol. The molecule has 0 aromatic carbocycles. The Morgan fingerprint density at radius 2 is 2.10 bits per heavy atom. The number of rotatable bonds is 5. The van der Waals surface area contributed by atoms with E-state index in [1.54, 1.807) is 13.2 Å². The van der Waals surface area contributed by atoms with Crippen LogP contribution in [0, 0.1) is 0 Å². The minimum atomic E-state index is -1.09. The van der Waals surface area contributed by atoms with Crippen LogP contribution in [-0.2, 0) is 11.2 Å². The van der Waals surface area contributed by atoms with E-state index in [-0.39, 0.29) is 6.03 Å². The van der Waals surface area contributed by atoms with Crippen molar-refractivity contribution in [1.29, 1.82) is 0 Å². The Balaban J connectivity index is 1.89. The molecule has 1 saturated carbocycles. The van der Waals surface area contributed by atoms with Gasteiger partial charge in [0.25, 0.3) is 0 Å². The molecule has 1 aromatic heterocycles. The molecule has 0 unspecified atom stereocenters. The SMILES string of the molecule is CN(CCc1ccccn1)C(=O)NC1(C(=O)O)CCCC1. The predicted octanol–water partition coefficient (Wildman–Crippen LogP) is 1.66. The van der Waals surface area contributed by atoms with Crippen LogP contribution in [-0.4, -0.2) is 46.1 Å². The van der Waals surface area contributed by atoms with Gasteiger partial charge in [0, 0.05) is 31.9 Å². The van der Waals surface area contributed by atoms with Crippen molar-refractivity contribution in [1.82, 2.24) is 15.2 Å². The van der Waals surface area contributed by atoms with E-state index in [1.807, 2.05) is 18.2 Å². The van der Waals surface area contributed by atoms with Crippen molar-refractivity contribution in [2.24, 2.45) is 0 Å². The summed E-state index contributed by atoms with van der Waals surface area (Å²) in [6.07, 6.45) is 5.04. The second-order valence-electron chi connectivity index (χ2n) is 5.52. The average Bonchev–Trinajstić information content (AvgIpc) is 2.95. The Morgan fingerprint density at radius 1 is 1.38 bits per heavy atom. The zero-order chi connectivity index (χ0) is 15.3. The van der Waals surface area contributed by atoms with E-state index >= 15 is 0 Å². The number of carboxylic acids is 1. The van der Waals surface area contributed by atoms with E-state index in [1.165, 1.54) is 4.90 Å². The third-order valence-corrected chi connectivity index (χ3v) is 3.99. The van der Waals surface area contributed by atoms with E-state index in [2.05, 4.69) is 10.3 Å². The number of nitrogens with one attached hydrogen (secondary N) is 1. The van der Waals surface area contributed by atoms with Crippen LogP contribution in [0.3, 0.4) is 0 Å². The number of carbonyl (C=O) groups is 2. The van der Waals surface area contributed by atoms with Gasteiger partial charge >= 0.3 is 12.0 Å². The van der Waals surface area contributed by atoms with Crippen molar-refractivity contribution in [2.75, 3.05) is 13.6 Å². The molecule has 1 aliphatic rings. The second-order valence-corrected chi connectivity index (χ2v) is 5.52. The van der Waals surface area contributed by atoms with Crippen LogP contribution in [0.25, 0.3) is 0 Å². The summed E-state index contributed by atoms with van der Waals surface area (Å²) in [5, 5.41) is 12.1. The van der Waals surface area contributed by atoms with E-state index < -0.39 is 11.5 Å². The zero-order valence-electron chi connectivity index (χ0n) is 12.2. The smallest absolute Gasteiger partial charge is 0.329 e. The monoisotopic (exact) mass is 291 g/mol. The Kier molecular flexibility index (Phi) is 4.77.